The molecular weight excluding hydrogens is 288 g/mol. The molecule has 23 heavy (non-hydrogen) atoms. The van der Waals surface area contributed by atoms with Crippen molar-refractivity contribution in [1.29, 1.82) is 5.26 Å². The van der Waals surface area contributed by atoms with Crippen LogP contribution in [0.3, 0.4) is 0 Å². The number of fused-ring (bicyclic) bond motifs is 2. The van der Waals surface area contributed by atoms with Gasteiger partial charge in [0, 0.05) is 32.4 Å². The van der Waals surface area contributed by atoms with Crippen molar-refractivity contribution in [2.24, 2.45) is 11.3 Å². The molecule has 2 aliphatic rings. The van der Waals surface area contributed by atoms with Crippen LogP contribution >= 0.6 is 0 Å². The van der Waals surface area contributed by atoms with Crippen molar-refractivity contribution in [3.63, 3.8) is 0 Å². The summed E-state index contributed by atoms with van der Waals surface area (Å²) in [6.45, 7) is 5.04. The van der Waals surface area contributed by atoms with E-state index in [9.17, 15) is 0 Å². The molecule has 3 atom stereocenters. The molecule has 6 nitrogen and oxygen atoms in total. The van der Waals surface area contributed by atoms with Gasteiger partial charge >= 0.3 is 0 Å². The summed E-state index contributed by atoms with van der Waals surface area (Å²) in [6, 6.07) is 4.84. The summed E-state index contributed by atoms with van der Waals surface area (Å²) in [6.07, 6.45) is 5.88. The molecule has 2 aromatic heterocycles. The fraction of sp³-hybridized carbons (Fsp3) is 0.588. The highest BCUT2D eigenvalue weighted by atomic mass is 15.2. The van der Waals surface area contributed by atoms with Crippen molar-refractivity contribution in [2.75, 3.05) is 31.6 Å². The minimum atomic E-state index is 0.320. The highest BCUT2D eigenvalue weighted by Gasteiger charge is 2.50. The molecule has 6 heteroatoms. The minimum Gasteiger partial charge on any atom is -0.356 e. The maximum absolute atomic E-state index is 8.93. The number of H-pyrrole nitrogens is 1. The Hall–Kier alpha value is -2.13. The maximum atomic E-state index is 8.93. The smallest absolute Gasteiger partial charge is 0.142 e. The zero-order valence-corrected chi connectivity index (χ0v) is 13.7. The Balaban J connectivity index is 1.55. The van der Waals surface area contributed by atoms with E-state index in [2.05, 4.69) is 44.8 Å². The molecule has 1 aliphatic heterocycles. The van der Waals surface area contributed by atoms with Gasteiger partial charge in [-0.3, -0.25) is 4.90 Å². The van der Waals surface area contributed by atoms with Gasteiger partial charge in [-0.1, -0.05) is 6.92 Å². The second kappa shape index (κ2) is 5.20. The van der Waals surface area contributed by atoms with Gasteiger partial charge in [0.15, 0.2) is 0 Å². The lowest BCUT2D eigenvalue weighted by molar-refractivity contribution is 0.275. The summed E-state index contributed by atoms with van der Waals surface area (Å²) < 4.78 is 0. The van der Waals surface area contributed by atoms with Crippen molar-refractivity contribution >= 4 is 16.9 Å². The average Bonchev–Trinajstić information content (AvgIpc) is 3.18. The number of hydrogen-bond donors (Lipinski definition) is 1. The number of rotatable bonds is 3. The topological polar surface area (TPSA) is 71.8 Å². The van der Waals surface area contributed by atoms with Crippen LogP contribution in [0.1, 0.15) is 19.8 Å². The maximum Gasteiger partial charge on any atom is 0.142 e. The molecule has 3 heterocycles. The first-order valence-corrected chi connectivity index (χ1v) is 8.21. The van der Waals surface area contributed by atoms with Crippen LogP contribution in [-0.4, -0.2) is 52.6 Å². The Bertz CT molecular complexity index is 762. The van der Waals surface area contributed by atoms with Crippen molar-refractivity contribution in [2.45, 2.75) is 25.8 Å². The Labute approximate surface area is 136 Å². The van der Waals surface area contributed by atoms with Crippen molar-refractivity contribution in [1.82, 2.24) is 19.9 Å². The van der Waals surface area contributed by atoms with E-state index >= 15 is 0 Å². The second-order valence-corrected chi connectivity index (χ2v) is 7.32. The first-order valence-electron chi connectivity index (χ1n) is 8.21. The molecule has 1 saturated heterocycles. The summed E-state index contributed by atoms with van der Waals surface area (Å²) in [5.74, 6) is 1.69. The third-order valence-electron chi connectivity index (χ3n) is 5.82. The molecule has 1 N–H and O–H groups in total. The molecule has 0 bridgehead atoms. The van der Waals surface area contributed by atoms with Gasteiger partial charge in [0.2, 0.25) is 0 Å². The number of aromatic nitrogens is 3. The average molecular weight is 310 g/mol. The Morgan fingerprint density at radius 3 is 3.17 bits per heavy atom. The van der Waals surface area contributed by atoms with Crippen LogP contribution in [0.4, 0.5) is 5.82 Å². The molecule has 0 amide bonds. The zero-order valence-electron chi connectivity index (χ0n) is 13.7. The summed E-state index contributed by atoms with van der Waals surface area (Å²) in [4.78, 5) is 16.6. The van der Waals surface area contributed by atoms with E-state index in [1.54, 1.807) is 6.33 Å². The predicted octanol–water partition coefficient (Wildman–Crippen LogP) is 2.02. The molecule has 1 saturated carbocycles. The lowest BCUT2D eigenvalue weighted by Crippen LogP contribution is -2.34. The third kappa shape index (κ3) is 2.27. The van der Waals surface area contributed by atoms with Crippen LogP contribution in [0.2, 0.25) is 0 Å². The summed E-state index contributed by atoms with van der Waals surface area (Å²) in [5, 5.41) is 10.0. The first kappa shape index (κ1) is 14.5. The molecule has 2 fully saturated rings. The van der Waals surface area contributed by atoms with E-state index in [1.165, 1.54) is 6.42 Å². The Morgan fingerprint density at radius 2 is 2.39 bits per heavy atom. The number of anilines is 1. The monoisotopic (exact) mass is 310 g/mol. The number of nitriles is 1. The van der Waals surface area contributed by atoms with E-state index in [0.29, 0.717) is 23.9 Å². The van der Waals surface area contributed by atoms with Crippen LogP contribution < -0.4 is 4.90 Å². The fourth-order valence-electron chi connectivity index (χ4n) is 4.61. The van der Waals surface area contributed by atoms with E-state index in [1.807, 2.05) is 12.3 Å². The number of nitrogens with one attached hydrogen (secondary N) is 1. The fourth-order valence-corrected chi connectivity index (χ4v) is 4.61. The van der Waals surface area contributed by atoms with E-state index < -0.39 is 0 Å². The van der Waals surface area contributed by atoms with Gasteiger partial charge in [-0.15, -0.1) is 0 Å². The molecule has 2 aromatic rings. The molecule has 0 spiro atoms. The number of hydrogen-bond acceptors (Lipinski definition) is 5. The highest BCUT2D eigenvalue weighted by Crippen LogP contribution is 2.50. The van der Waals surface area contributed by atoms with Crippen molar-refractivity contribution in [3.8, 4) is 6.07 Å². The van der Waals surface area contributed by atoms with Gasteiger partial charge in [-0.05, 0) is 30.2 Å². The molecule has 120 valence electrons. The lowest BCUT2D eigenvalue weighted by Gasteiger charge is -2.29. The predicted molar refractivity (Wildman–Crippen MR) is 89.0 cm³/mol. The van der Waals surface area contributed by atoms with E-state index in [-0.39, 0.29) is 0 Å². The van der Waals surface area contributed by atoms with Crippen molar-refractivity contribution in [3.05, 3.63) is 18.6 Å². The molecular formula is C17H22N6. The summed E-state index contributed by atoms with van der Waals surface area (Å²) >= 11 is 0. The normalized spacial score (nSPS) is 30.5. The summed E-state index contributed by atoms with van der Waals surface area (Å²) in [5.41, 5.74) is 1.21. The van der Waals surface area contributed by atoms with Gasteiger partial charge in [0.25, 0.3) is 0 Å². The lowest BCUT2D eigenvalue weighted by atomic mass is 9.83. The number of likely N-dealkylation sites (tertiary alicyclic amines) is 1. The van der Waals surface area contributed by atoms with Gasteiger partial charge in [0.1, 0.15) is 17.8 Å². The standard InChI is InChI=1S/C17H22N6/c1-17-8-13(7-12(17)9-23(10-17)6-4-18)22(2)16-14-3-5-19-15(14)20-11-21-16/h3,5,11-13H,6-10H2,1-2H3,(H,19,20,21)/t12-,13?,17+/m1/s1. The van der Waals surface area contributed by atoms with Gasteiger partial charge in [0.05, 0.1) is 18.0 Å². The molecule has 1 aliphatic carbocycles. The molecule has 0 aromatic carbocycles. The first-order chi connectivity index (χ1) is 11.1. The van der Waals surface area contributed by atoms with Gasteiger partial charge < -0.3 is 9.88 Å². The Kier molecular flexibility index (Phi) is 3.27. The van der Waals surface area contributed by atoms with Crippen LogP contribution in [0, 0.1) is 22.7 Å². The minimum absolute atomic E-state index is 0.320. The summed E-state index contributed by atoms with van der Waals surface area (Å²) in [7, 11) is 2.15. The second-order valence-electron chi connectivity index (χ2n) is 7.32. The zero-order chi connectivity index (χ0) is 16.0. The van der Waals surface area contributed by atoms with E-state index in [4.69, 9.17) is 5.26 Å². The van der Waals surface area contributed by atoms with Crippen molar-refractivity contribution < 1.29 is 0 Å². The molecule has 4 rings (SSSR count). The third-order valence-corrected chi connectivity index (χ3v) is 5.82. The molecule has 1 unspecified atom stereocenters. The van der Waals surface area contributed by atoms with E-state index in [0.717, 1.165) is 36.4 Å². The van der Waals surface area contributed by atoms with Gasteiger partial charge in [-0.25, -0.2) is 9.97 Å². The highest BCUT2D eigenvalue weighted by molar-refractivity contribution is 5.87. The SMILES string of the molecule is CN(c1ncnc2[nH]ccc12)C1C[C@@H]2CN(CC#N)C[C@]2(C)C1. The van der Waals surface area contributed by atoms with Crippen LogP contribution in [0.5, 0.6) is 0 Å². The number of nitrogens with zero attached hydrogens (tertiary/aromatic N) is 5. The number of aromatic amines is 1. The molecule has 0 radical (unpaired) electrons. The van der Waals surface area contributed by atoms with Gasteiger partial charge in [-0.2, -0.15) is 5.26 Å². The van der Waals surface area contributed by atoms with Crippen LogP contribution in [0.15, 0.2) is 18.6 Å². The van der Waals surface area contributed by atoms with Crippen LogP contribution in [-0.2, 0) is 0 Å². The largest absolute Gasteiger partial charge is 0.356 e. The van der Waals surface area contributed by atoms with Crippen LogP contribution in [0.25, 0.3) is 11.0 Å². The Morgan fingerprint density at radius 1 is 1.52 bits per heavy atom. The quantitative estimate of drug-likeness (QED) is 0.878.